The van der Waals surface area contributed by atoms with Crippen molar-refractivity contribution in [3.8, 4) is 0 Å². The van der Waals surface area contributed by atoms with Crippen LogP contribution in [0.4, 0.5) is 5.82 Å². The second-order valence-electron chi connectivity index (χ2n) is 6.81. The van der Waals surface area contributed by atoms with Crippen LogP contribution in [0.2, 0.25) is 5.02 Å². The largest absolute Gasteiger partial charge is 0.340 e. The number of hydrogen-bond acceptors (Lipinski definition) is 3. The maximum Gasteiger partial charge on any atom is 0.228 e. The third kappa shape index (κ3) is 3.35. The number of rotatable bonds is 4. The van der Waals surface area contributed by atoms with Gasteiger partial charge in [-0.05, 0) is 43.2 Å². The first kappa shape index (κ1) is 18.1. The van der Waals surface area contributed by atoms with Gasteiger partial charge in [0.2, 0.25) is 15.7 Å². The van der Waals surface area contributed by atoms with Gasteiger partial charge >= 0.3 is 0 Å². The molecule has 140 valence electrons. The molecule has 0 spiro atoms. The summed E-state index contributed by atoms with van der Waals surface area (Å²) in [6.45, 7) is 0. The van der Waals surface area contributed by atoms with Gasteiger partial charge in [-0.15, -0.1) is 0 Å². The van der Waals surface area contributed by atoms with Gasteiger partial charge in [0.05, 0.1) is 4.90 Å². The second-order valence-corrected chi connectivity index (χ2v) is 9.13. The van der Waals surface area contributed by atoms with E-state index in [2.05, 4.69) is 10.3 Å². The first-order chi connectivity index (χ1) is 13.0. The van der Waals surface area contributed by atoms with Crippen LogP contribution in [0.1, 0.15) is 25.7 Å². The van der Waals surface area contributed by atoms with Crippen LogP contribution in [-0.2, 0) is 14.6 Å². The zero-order chi connectivity index (χ0) is 19.0. The number of sulfone groups is 1. The molecule has 0 radical (unpaired) electrons. The number of benzene rings is 2. The van der Waals surface area contributed by atoms with Crippen molar-refractivity contribution < 1.29 is 13.2 Å². The van der Waals surface area contributed by atoms with Crippen LogP contribution in [0, 0.1) is 5.92 Å². The minimum Gasteiger partial charge on any atom is -0.340 e. The Morgan fingerprint density at radius 2 is 1.78 bits per heavy atom. The topological polar surface area (TPSA) is 79.0 Å². The maximum atomic E-state index is 13.3. The molecule has 1 amide bonds. The van der Waals surface area contributed by atoms with Crippen LogP contribution in [0.3, 0.4) is 0 Å². The van der Waals surface area contributed by atoms with E-state index in [1.54, 1.807) is 48.5 Å². The van der Waals surface area contributed by atoms with Crippen molar-refractivity contribution in [2.75, 3.05) is 5.32 Å². The van der Waals surface area contributed by atoms with E-state index in [0.717, 1.165) is 25.7 Å². The van der Waals surface area contributed by atoms with Crippen molar-refractivity contribution >= 4 is 44.1 Å². The predicted octanol–water partition coefficient (Wildman–Crippen LogP) is 4.78. The quantitative estimate of drug-likeness (QED) is 0.658. The van der Waals surface area contributed by atoms with Gasteiger partial charge in [0.1, 0.15) is 10.7 Å². The number of aromatic nitrogens is 1. The Balaban J connectivity index is 1.86. The monoisotopic (exact) mass is 402 g/mol. The number of amides is 1. The number of H-pyrrole nitrogens is 1. The third-order valence-corrected chi connectivity index (χ3v) is 7.10. The fraction of sp³-hybridized carbons (Fsp3) is 0.250. The SMILES string of the molecule is O=C(Nc1[nH]c2ccc(Cl)cc2c1S(=O)(=O)c1ccccc1)C1CCCC1. The minimum atomic E-state index is -3.84. The summed E-state index contributed by atoms with van der Waals surface area (Å²) in [7, 11) is -3.84. The Hall–Kier alpha value is -2.31. The highest BCUT2D eigenvalue weighted by molar-refractivity contribution is 7.92. The molecule has 0 unspecified atom stereocenters. The van der Waals surface area contributed by atoms with Crippen molar-refractivity contribution in [2.24, 2.45) is 5.92 Å². The average Bonchev–Trinajstić information content (AvgIpc) is 3.30. The molecule has 1 saturated carbocycles. The first-order valence-corrected chi connectivity index (χ1v) is 10.7. The molecule has 0 aliphatic heterocycles. The van der Waals surface area contributed by atoms with E-state index in [1.807, 2.05) is 0 Å². The van der Waals surface area contributed by atoms with Crippen LogP contribution >= 0.6 is 11.6 Å². The molecule has 0 atom stereocenters. The number of aromatic amines is 1. The highest BCUT2D eigenvalue weighted by Gasteiger charge is 2.29. The molecule has 0 saturated heterocycles. The van der Waals surface area contributed by atoms with Gasteiger partial charge in [0.15, 0.2) is 0 Å². The average molecular weight is 403 g/mol. The molecule has 3 aromatic rings. The number of hydrogen-bond donors (Lipinski definition) is 2. The maximum absolute atomic E-state index is 13.3. The molecule has 7 heteroatoms. The summed E-state index contributed by atoms with van der Waals surface area (Å²) in [6.07, 6.45) is 3.71. The normalized spacial score (nSPS) is 15.3. The van der Waals surface area contributed by atoms with Crippen molar-refractivity contribution in [2.45, 2.75) is 35.5 Å². The molecular weight excluding hydrogens is 384 g/mol. The van der Waals surface area contributed by atoms with Crippen LogP contribution in [0.25, 0.3) is 10.9 Å². The van der Waals surface area contributed by atoms with Gasteiger partial charge in [0, 0.05) is 21.8 Å². The van der Waals surface area contributed by atoms with E-state index >= 15 is 0 Å². The number of fused-ring (bicyclic) bond motifs is 1. The van der Waals surface area contributed by atoms with E-state index in [1.165, 1.54) is 0 Å². The number of anilines is 1. The van der Waals surface area contributed by atoms with Gasteiger partial charge in [-0.25, -0.2) is 8.42 Å². The standard InChI is InChI=1S/C20H19ClN2O3S/c21-14-10-11-17-16(12-14)18(27(25,26)15-8-2-1-3-9-15)19(22-17)23-20(24)13-6-4-5-7-13/h1-3,8-13,22H,4-7H2,(H,23,24). The third-order valence-electron chi connectivity index (χ3n) is 5.01. The minimum absolute atomic E-state index is 0.0533. The highest BCUT2D eigenvalue weighted by atomic mass is 35.5. The first-order valence-electron chi connectivity index (χ1n) is 8.89. The van der Waals surface area contributed by atoms with Crippen molar-refractivity contribution in [3.05, 3.63) is 53.6 Å². The lowest BCUT2D eigenvalue weighted by molar-refractivity contribution is -0.119. The summed E-state index contributed by atoms with van der Waals surface area (Å²) in [4.78, 5) is 15.9. The number of carbonyl (C=O) groups is 1. The summed E-state index contributed by atoms with van der Waals surface area (Å²) in [6, 6.07) is 13.2. The molecular formula is C20H19ClN2O3S. The van der Waals surface area contributed by atoms with Gasteiger partial charge in [-0.2, -0.15) is 0 Å². The van der Waals surface area contributed by atoms with Crippen LogP contribution in [-0.4, -0.2) is 19.3 Å². The predicted molar refractivity (Wildman–Crippen MR) is 106 cm³/mol. The lowest BCUT2D eigenvalue weighted by atomic mass is 10.1. The Kier molecular flexibility index (Phi) is 4.70. The lowest BCUT2D eigenvalue weighted by Gasteiger charge is -2.11. The van der Waals surface area contributed by atoms with Gasteiger partial charge in [-0.1, -0.05) is 42.6 Å². The molecule has 1 heterocycles. The smallest absolute Gasteiger partial charge is 0.228 e. The Morgan fingerprint density at radius 3 is 2.48 bits per heavy atom. The summed E-state index contributed by atoms with van der Waals surface area (Å²) >= 11 is 6.11. The summed E-state index contributed by atoms with van der Waals surface area (Å²) in [5.41, 5.74) is 0.607. The fourth-order valence-corrected chi connectivity index (χ4v) is 5.39. The molecule has 4 rings (SSSR count). The van der Waals surface area contributed by atoms with Gasteiger partial charge in [-0.3, -0.25) is 4.79 Å². The molecule has 1 aliphatic rings. The summed E-state index contributed by atoms with van der Waals surface area (Å²) in [5, 5.41) is 3.72. The van der Waals surface area contributed by atoms with E-state index < -0.39 is 9.84 Å². The second kappa shape index (κ2) is 7.02. The molecule has 2 N–H and O–H groups in total. The zero-order valence-corrected chi connectivity index (χ0v) is 16.1. The van der Waals surface area contributed by atoms with Crippen LogP contribution in [0.15, 0.2) is 58.3 Å². The molecule has 5 nitrogen and oxygen atoms in total. The lowest BCUT2D eigenvalue weighted by Crippen LogP contribution is -2.21. The molecule has 0 bridgehead atoms. The summed E-state index contributed by atoms with van der Waals surface area (Å²) < 4.78 is 26.7. The highest BCUT2D eigenvalue weighted by Crippen LogP contribution is 2.37. The number of carbonyl (C=O) groups excluding carboxylic acids is 1. The molecule has 1 aliphatic carbocycles. The van der Waals surface area contributed by atoms with E-state index in [-0.39, 0.29) is 27.4 Å². The van der Waals surface area contributed by atoms with E-state index in [9.17, 15) is 13.2 Å². The number of nitrogens with one attached hydrogen (secondary N) is 2. The van der Waals surface area contributed by atoms with Gasteiger partial charge in [0.25, 0.3) is 0 Å². The van der Waals surface area contributed by atoms with E-state index in [4.69, 9.17) is 11.6 Å². The molecule has 2 aromatic carbocycles. The Morgan fingerprint density at radius 1 is 1.07 bits per heavy atom. The fourth-order valence-electron chi connectivity index (χ4n) is 3.64. The molecule has 1 fully saturated rings. The number of halogens is 1. The Labute approximate surface area is 162 Å². The Bertz CT molecular complexity index is 1100. The van der Waals surface area contributed by atoms with Crippen LogP contribution in [0.5, 0.6) is 0 Å². The van der Waals surface area contributed by atoms with Gasteiger partial charge < -0.3 is 10.3 Å². The zero-order valence-electron chi connectivity index (χ0n) is 14.5. The van der Waals surface area contributed by atoms with Crippen LogP contribution < -0.4 is 5.32 Å². The summed E-state index contributed by atoms with van der Waals surface area (Å²) in [5.74, 6) is -0.0186. The van der Waals surface area contributed by atoms with Crippen molar-refractivity contribution in [3.63, 3.8) is 0 Å². The van der Waals surface area contributed by atoms with Crippen molar-refractivity contribution in [1.29, 1.82) is 0 Å². The van der Waals surface area contributed by atoms with E-state index in [0.29, 0.717) is 15.9 Å². The molecule has 1 aromatic heterocycles. The van der Waals surface area contributed by atoms with Crippen molar-refractivity contribution in [1.82, 2.24) is 4.98 Å². The molecule has 27 heavy (non-hydrogen) atoms.